The van der Waals surface area contributed by atoms with Crippen molar-refractivity contribution in [2.24, 2.45) is 7.05 Å². The van der Waals surface area contributed by atoms with E-state index in [1.807, 2.05) is 16.8 Å². The second kappa shape index (κ2) is 5.14. The number of carbonyl (C=O) groups excluding carboxylic acids is 1. The van der Waals surface area contributed by atoms with Gasteiger partial charge in [-0.25, -0.2) is 0 Å². The smallest absolute Gasteiger partial charge is 0.254 e. The van der Waals surface area contributed by atoms with Crippen LogP contribution >= 0.6 is 11.3 Å². The van der Waals surface area contributed by atoms with Gasteiger partial charge in [0, 0.05) is 13.2 Å². The molecule has 0 aliphatic carbocycles. The van der Waals surface area contributed by atoms with Gasteiger partial charge in [0.2, 0.25) is 0 Å². The summed E-state index contributed by atoms with van der Waals surface area (Å²) in [5, 5.41) is 21.0. The molecule has 0 aromatic carbocycles. The second-order valence-electron chi connectivity index (χ2n) is 4.77. The molecule has 0 aliphatic rings. The number of aromatic nitrogens is 2. The molecule has 0 aliphatic heterocycles. The van der Waals surface area contributed by atoms with Crippen LogP contribution in [-0.2, 0) is 12.6 Å². The van der Waals surface area contributed by atoms with Gasteiger partial charge in [-0.3, -0.25) is 9.48 Å². The Labute approximate surface area is 115 Å². The summed E-state index contributed by atoms with van der Waals surface area (Å²) in [6.07, 6.45) is 1.67. The number of nitrogens with one attached hydrogen (secondary N) is 1. The molecule has 0 spiro atoms. The van der Waals surface area contributed by atoms with Crippen LogP contribution in [-0.4, -0.2) is 27.3 Å². The molecule has 2 N–H and O–H groups in total. The number of carbonyl (C=O) groups is 1. The van der Waals surface area contributed by atoms with Gasteiger partial charge in [0.15, 0.2) is 0 Å². The van der Waals surface area contributed by atoms with Gasteiger partial charge in [-0.05, 0) is 36.2 Å². The first-order valence-electron chi connectivity index (χ1n) is 5.93. The number of nitrogens with zero attached hydrogens (tertiary/aromatic N) is 2. The van der Waals surface area contributed by atoms with Crippen LogP contribution < -0.4 is 5.32 Å². The summed E-state index contributed by atoms with van der Waals surface area (Å²) in [5.74, 6) is -0.221. The first-order chi connectivity index (χ1) is 8.90. The molecule has 2 rings (SSSR count). The van der Waals surface area contributed by atoms with Gasteiger partial charge in [0.05, 0.1) is 17.8 Å². The third-order valence-corrected chi connectivity index (χ3v) is 3.68. The largest absolute Gasteiger partial charge is 0.384 e. The lowest BCUT2D eigenvalue weighted by atomic mass is 9.99. The van der Waals surface area contributed by atoms with Crippen LogP contribution in [0.2, 0.25) is 0 Å². The molecule has 0 radical (unpaired) electrons. The SMILES string of the molecule is Cc1nn(C)cc1C(=O)NCC(C)(O)c1ccsc1. The molecule has 19 heavy (non-hydrogen) atoms. The maximum atomic E-state index is 12.0. The van der Waals surface area contributed by atoms with Crippen molar-refractivity contribution < 1.29 is 9.90 Å². The zero-order valence-corrected chi connectivity index (χ0v) is 12.0. The fraction of sp³-hybridized carbons (Fsp3) is 0.385. The summed E-state index contributed by atoms with van der Waals surface area (Å²) in [7, 11) is 1.77. The van der Waals surface area contributed by atoms with Gasteiger partial charge in [-0.2, -0.15) is 16.4 Å². The summed E-state index contributed by atoms with van der Waals surface area (Å²) in [6.45, 7) is 3.63. The molecule has 1 atom stereocenters. The molecule has 102 valence electrons. The first-order valence-corrected chi connectivity index (χ1v) is 6.88. The minimum absolute atomic E-state index is 0.164. The lowest BCUT2D eigenvalue weighted by Crippen LogP contribution is -2.38. The van der Waals surface area contributed by atoms with Crippen molar-refractivity contribution in [1.82, 2.24) is 15.1 Å². The Bertz CT molecular complexity index is 573. The Morgan fingerprint density at radius 3 is 2.89 bits per heavy atom. The van der Waals surface area contributed by atoms with E-state index in [0.717, 1.165) is 5.56 Å². The number of aliphatic hydroxyl groups is 1. The monoisotopic (exact) mass is 279 g/mol. The van der Waals surface area contributed by atoms with Gasteiger partial charge in [0.1, 0.15) is 5.60 Å². The lowest BCUT2D eigenvalue weighted by molar-refractivity contribution is 0.0530. The van der Waals surface area contributed by atoms with Crippen molar-refractivity contribution in [2.75, 3.05) is 6.54 Å². The maximum absolute atomic E-state index is 12.0. The van der Waals surface area contributed by atoms with E-state index in [9.17, 15) is 9.90 Å². The quantitative estimate of drug-likeness (QED) is 0.889. The molecule has 0 bridgehead atoms. The molecule has 1 unspecified atom stereocenters. The Morgan fingerprint density at radius 1 is 1.63 bits per heavy atom. The van der Waals surface area contributed by atoms with Gasteiger partial charge < -0.3 is 10.4 Å². The topological polar surface area (TPSA) is 67.2 Å². The summed E-state index contributed by atoms with van der Waals surface area (Å²) in [5.41, 5.74) is 0.950. The highest BCUT2D eigenvalue weighted by molar-refractivity contribution is 7.08. The molecule has 0 saturated carbocycles. The van der Waals surface area contributed by atoms with Gasteiger partial charge in [0.25, 0.3) is 5.91 Å². The average Bonchev–Trinajstić information content (AvgIpc) is 2.96. The van der Waals surface area contributed by atoms with Gasteiger partial charge in [-0.1, -0.05) is 0 Å². The molecule has 0 saturated heterocycles. The van der Waals surface area contributed by atoms with E-state index < -0.39 is 5.60 Å². The van der Waals surface area contributed by atoms with E-state index >= 15 is 0 Å². The van der Waals surface area contributed by atoms with Crippen LogP contribution in [0.5, 0.6) is 0 Å². The average molecular weight is 279 g/mol. The molecule has 2 aromatic rings. The van der Waals surface area contributed by atoms with Crippen LogP contribution in [0.1, 0.15) is 28.5 Å². The second-order valence-corrected chi connectivity index (χ2v) is 5.55. The van der Waals surface area contributed by atoms with E-state index in [2.05, 4.69) is 10.4 Å². The zero-order chi connectivity index (χ0) is 14.0. The Hall–Kier alpha value is -1.66. The highest BCUT2D eigenvalue weighted by Gasteiger charge is 2.25. The minimum atomic E-state index is -1.06. The van der Waals surface area contributed by atoms with Crippen LogP contribution in [0.25, 0.3) is 0 Å². The number of thiophene rings is 1. The molecule has 6 heteroatoms. The van der Waals surface area contributed by atoms with Crippen molar-refractivity contribution >= 4 is 17.2 Å². The van der Waals surface area contributed by atoms with Gasteiger partial charge >= 0.3 is 0 Å². The number of rotatable bonds is 4. The van der Waals surface area contributed by atoms with E-state index in [1.165, 1.54) is 11.3 Å². The molecule has 5 nitrogen and oxygen atoms in total. The van der Waals surface area contributed by atoms with E-state index in [4.69, 9.17) is 0 Å². The van der Waals surface area contributed by atoms with Crippen molar-refractivity contribution in [3.8, 4) is 0 Å². The zero-order valence-electron chi connectivity index (χ0n) is 11.2. The van der Waals surface area contributed by atoms with Crippen molar-refractivity contribution in [3.05, 3.63) is 39.8 Å². The van der Waals surface area contributed by atoms with Crippen LogP contribution in [0.15, 0.2) is 23.0 Å². The maximum Gasteiger partial charge on any atom is 0.254 e. The normalized spacial score (nSPS) is 14.1. The fourth-order valence-corrected chi connectivity index (χ4v) is 2.63. The third-order valence-electron chi connectivity index (χ3n) is 2.99. The van der Waals surface area contributed by atoms with Gasteiger partial charge in [-0.15, -0.1) is 0 Å². The molecular weight excluding hydrogens is 262 g/mol. The van der Waals surface area contributed by atoms with E-state index in [1.54, 1.807) is 31.8 Å². The summed E-state index contributed by atoms with van der Waals surface area (Å²) in [4.78, 5) is 12.0. The number of aryl methyl sites for hydroxylation is 2. The highest BCUT2D eigenvalue weighted by atomic mass is 32.1. The number of amides is 1. The first kappa shape index (κ1) is 13.8. The van der Waals surface area contributed by atoms with Crippen molar-refractivity contribution in [2.45, 2.75) is 19.4 Å². The summed E-state index contributed by atoms with van der Waals surface area (Å²) in [6, 6.07) is 1.85. The van der Waals surface area contributed by atoms with E-state index in [-0.39, 0.29) is 12.5 Å². The Balaban J connectivity index is 2.03. The fourth-order valence-electron chi connectivity index (χ4n) is 1.84. The van der Waals surface area contributed by atoms with Crippen molar-refractivity contribution in [3.63, 3.8) is 0 Å². The predicted octanol–water partition coefficient (Wildman–Crippen LogP) is 1.43. The summed E-state index contributed by atoms with van der Waals surface area (Å²) >= 11 is 1.52. The highest BCUT2D eigenvalue weighted by Crippen LogP contribution is 2.22. The standard InChI is InChI=1S/C13H17N3O2S/c1-9-11(6-16(3)15-9)12(17)14-8-13(2,18)10-4-5-19-7-10/h4-7,18H,8H2,1-3H3,(H,14,17). The van der Waals surface area contributed by atoms with Crippen LogP contribution in [0, 0.1) is 6.92 Å². The number of hydrogen-bond acceptors (Lipinski definition) is 4. The van der Waals surface area contributed by atoms with E-state index in [0.29, 0.717) is 11.3 Å². The third kappa shape index (κ3) is 3.02. The van der Waals surface area contributed by atoms with Crippen molar-refractivity contribution in [1.29, 1.82) is 0 Å². The number of hydrogen-bond donors (Lipinski definition) is 2. The molecule has 0 fully saturated rings. The van der Waals surface area contributed by atoms with Crippen LogP contribution in [0.4, 0.5) is 0 Å². The minimum Gasteiger partial charge on any atom is -0.384 e. The summed E-state index contributed by atoms with van der Waals surface area (Å²) < 4.78 is 1.60. The predicted molar refractivity (Wildman–Crippen MR) is 74.2 cm³/mol. The van der Waals surface area contributed by atoms with Crippen LogP contribution in [0.3, 0.4) is 0 Å². The molecule has 2 aromatic heterocycles. The molecule has 1 amide bonds. The Kier molecular flexibility index (Phi) is 3.73. The molecule has 2 heterocycles. The molecular formula is C13H17N3O2S. The Morgan fingerprint density at radius 2 is 2.37 bits per heavy atom. The lowest BCUT2D eigenvalue weighted by Gasteiger charge is -2.22.